The second-order valence-corrected chi connectivity index (χ2v) is 8.79. The molecule has 3 nitrogen and oxygen atoms in total. The van der Waals surface area contributed by atoms with Crippen LogP contribution in [0, 0.1) is 5.92 Å². The monoisotopic (exact) mass is 398 g/mol. The van der Waals surface area contributed by atoms with Crippen LogP contribution in [0.3, 0.4) is 0 Å². The van der Waals surface area contributed by atoms with Gasteiger partial charge >= 0.3 is 0 Å². The highest BCUT2D eigenvalue weighted by Gasteiger charge is 2.35. The first-order valence-electron chi connectivity index (χ1n) is 10.9. The molecule has 0 saturated heterocycles. The Morgan fingerprint density at radius 1 is 1.03 bits per heavy atom. The molecule has 1 aliphatic rings. The molecule has 0 spiro atoms. The average molecular weight is 399 g/mol. The van der Waals surface area contributed by atoms with Crippen molar-refractivity contribution >= 4 is 11.5 Å². The molecule has 2 unspecified atom stereocenters. The van der Waals surface area contributed by atoms with E-state index in [1.807, 2.05) is 55.5 Å². The summed E-state index contributed by atoms with van der Waals surface area (Å²) in [7, 11) is 0. The minimum absolute atomic E-state index is 0.0606. The van der Waals surface area contributed by atoms with Gasteiger partial charge in [0, 0.05) is 23.1 Å². The second kappa shape index (κ2) is 8.43. The zero-order chi connectivity index (χ0) is 21.3. The van der Waals surface area contributed by atoms with Crippen molar-refractivity contribution in [2.75, 3.05) is 0 Å². The molecule has 1 aliphatic carbocycles. The quantitative estimate of drug-likeness (QED) is 0.447. The Kier molecular flexibility index (Phi) is 5.72. The van der Waals surface area contributed by atoms with Gasteiger partial charge in [0.05, 0.1) is 11.4 Å². The summed E-state index contributed by atoms with van der Waals surface area (Å²) in [6.45, 7) is 8.76. The van der Waals surface area contributed by atoms with E-state index in [-0.39, 0.29) is 5.91 Å². The van der Waals surface area contributed by atoms with Gasteiger partial charge in [-0.15, -0.1) is 0 Å². The normalized spacial score (nSPS) is 19.0. The number of fused-ring (bicyclic) bond motifs is 1. The van der Waals surface area contributed by atoms with Crippen LogP contribution in [0.5, 0.6) is 0 Å². The SMILES string of the molecule is C/C(=C/C(=O)n1nc(-c2ccccc2)c2c1C(C(C)C)CCC2C)c1ccccc1. The van der Waals surface area contributed by atoms with Crippen LogP contribution in [0.4, 0.5) is 0 Å². The van der Waals surface area contributed by atoms with Gasteiger partial charge in [0.1, 0.15) is 0 Å². The van der Waals surface area contributed by atoms with E-state index < -0.39 is 0 Å². The van der Waals surface area contributed by atoms with Crippen molar-refractivity contribution < 1.29 is 4.79 Å². The molecule has 4 rings (SSSR count). The number of aromatic nitrogens is 2. The van der Waals surface area contributed by atoms with E-state index in [1.165, 1.54) is 5.56 Å². The van der Waals surface area contributed by atoms with E-state index in [1.54, 1.807) is 10.8 Å². The minimum atomic E-state index is -0.0606. The highest BCUT2D eigenvalue weighted by Crippen LogP contribution is 2.46. The summed E-state index contributed by atoms with van der Waals surface area (Å²) in [4.78, 5) is 13.4. The van der Waals surface area contributed by atoms with Crippen LogP contribution in [-0.2, 0) is 0 Å². The number of hydrogen-bond donors (Lipinski definition) is 0. The van der Waals surface area contributed by atoms with Crippen LogP contribution < -0.4 is 0 Å². The first-order chi connectivity index (χ1) is 14.5. The fourth-order valence-corrected chi connectivity index (χ4v) is 4.65. The van der Waals surface area contributed by atoms with E-state index in [9.17, 15) is 4.79 Å². The lowest BCUT2D eigenvalue weighted by atomic mass is 9.75. The van der Waals surface area contributed by atoms with Crippen LogP contribution in [0.2, 0.25) is 0 Å². The van der Waals surface area contributed by atoms with Crippen LogP contribution in [0.1, 0.15) is 74.0 Å². The molecule has 2 atom stereocenters. The molecule has 0 bridgehead atoms. The van der Waals surface area contributed by atoms with Gasteiger partial charge < -0.3 is 0 Å². The van der Waals surface area contributed by atoms with Gasteiger partial charge in [-0.1, -0.05) is 81.4 Å². The number of hydrogen-bond acceptors (Lipinski definition) is 2. The number of nitrogens with zero attached hydrogens (tertiary/aromatic N) is 2. The topological polar surface area (TPSA) is 34.9 Å². The number of allylic oxidation sites excluding steroid dienone is 2. The molecule has 30 heavy (non-hydrogen) atoms. The van der Waals surface area contributed by atoms with Crippen molar-refractivity contribution in [2.24, 2.45) is 5.92 Å². The van der Waals surface area contributed by atoms with Crippen molar-refractivity contribution in [3.05, 3.63) is 83.6 Å². The summed E-state index contributed by atoms with van der Waals surface area (Å²) >= 11 is 0. The molecule has 0 amide bonds. The summed E-state index contributed by atoms with van der Waals surface area (Å²) in [5.74, 6) is 1.14. The van der Waals surface area contributed by atoms with Gasteiger partial charge in [-0.25, -0.2) is 4.68 Å². The lowest BCUT2D eigenvalue weighted by Crippen LogP contribution is -2.23. The third kappa shape index (κ3) is 3.77. The van der Waals surface area contributed by atoms with Crippen LogP contribution in [0.15, 0.2) is 66.7 Å². The predicted molar refractivity (Wildman–Crippen MR) is 124 cm³/mol. The summed E-state index contributed by atoms with van der Waals surface area (Å²) in [5, 5.41) is 4.91. The Balaban J connectivity index is 1.86. The fourth-order valence-electron chi connectivity index (χ4n) is 4.65. The van der Waals surface area contributed by atoms with Gasteiger partial charge in [-0.05, 0) is 42.7 Å². The highest BCUT2D eigenvalue weighted by atomic mass is 16.2. The summed E-state index contributed by atoms with van der Waals surface area (Å²) in [5.41, 5.74) is 6.43. The Morgan fingerprint density at radius 3 is 2.30 bits per heavy atom. The van der Waals surface area contributed by atoms with E-state index in [2.05, 4.69) is 32.9 Å². The average Bonchev–Trinajstić information content (AvgIpc) is 3.16. The van der Waals surface area contributed by atoms with Gasteiger partial charge in [-0.3, -0.25) is 4.79 Å². The Hall–Kier alpha value is -2.94. The molecular formula is C27H30N2O. The third-order valence-corrected chi connectivity index (χ3v) is 6.34. The van der Waals surface area contributed by atoms with E-state index in [4.69, 9.17) is 5.10 Å². The molecule has 2 aromatic carbocycles. The summed E-state index contributed by atoms with van der Waals surface area (Å²) in [6, 6.07) is 20.3. The van der Waals surface area contributed by atoms with Crippen molar-refractivity contribution in [1.29, 1.82) is 0 Å². The zero-order valence-electron chi connectivity index (χ0n) is 18.3. The van der Waals surface area contributed by atoms with Crippen LogP contribution >= 0.6 is 0 Å². The first-order valence-corrected chi connectivity index (χ1v) is 10.9. The lowest BCUT2D eigenvalue weighted by Gasteiger charge is -2.30. The number of carbonyl (C=O) groups is 1. The number of rotatable bonds is 4. The molecule has 0 saturated carbocycles. The van der Waals surface area contributed by atoms with Gasteiger partial charge in [-0.2, -0.15) is 5.10 Å². The summed E-state index contributed by atoms with van der Waals surface area (Å²) in [6.07, 6.45) is 3.96. The van der Waals surface area contributed by atoms with Gasteiger partial charge in [0.25, 0.3) is 5.91 Å². The lowest BCUT2D eigenvalue weighted by molar-refractivity contribution is 0.0947. The van der Waals surface area contributed by atoms with Gasteiger partial charge in [0.15, 0.2) is 0 Å². The van der Waals surface area contributed by atoms with Crippen molar-refractivity contribution in [2.45, 2.75) is 52.4 Å². The molecule has 1 aromatic heterocycles. The molecule has 3 heteroatoms. The Labute approximate surface area is 179 Å². The molecule has 0 fully saturated rings. The maximum Gasteiger partial charge on any atom is 0.271 e. The van der Waals surface area contributed by atoms with Crippen molar-refractivity contribution in [3.63, 3.8) is 0 Å². The van der Waals surface area contributed by atoms with Crippen LogP contribution in [0.25, 0.3) is 16.8 Å². The number of benzene rings is 2. The maximum absolute atomic E-state index is 13.4. The molecule has 154 valence electrons. The molecule has 0 N–H and O–H groups in total. The third-order valence-electron chi connectivity index (χ3n) is 6.34. The second-order valence-electron chi connectivity index (χ2n) is 8.79. The highest BCUT2D eigenvalue weighted by molar-refractivity contribution is 5.97. The first kappa shape index (κ1) is 20.3. The van der Waals surface area contributed by atoms with Crippen molar-refractivity contribution in [3.8, 4) is 11.3 Å². The molecule has 1 heterocycles. The fraction of sp³-hybridized carbons (Fsp3) is 0.333. The van der Waals surface area contributed by atoms with E-state index in [0.29, 0.717) is 17.8 Å². The maximum atomic E-state index is 13.4. The zero-order valence-corrected chi connectivity index (χ0v) is 18.3. The minimum Gasteiger partial charge on any atom is -0.267 e. The Bertz CT molecular complexity index is 1060. The van der Waals surface area contributed by atoms with E-state index in [0.717, 1.165) is 40.9 Å². The standard InChI is InChI=1S/C27H30N2O/c1-18(2)23-16-15-19(3)25-26(22-13-9-6-10-14-22)28-29(27(23)25)24(30)17-20(4)21-11-7-5-8-12-21/h5-14,17-19,23H,15-16H2,1-4H3/b20-17-. The Morgan fingerprint density at radius 2 is 1.67 bits per heavy atom. The smallest absolute Gasteiger partial charge is 0.267 e. The van der Waals surface area contributed by atoms with E-state index >= 15 is 0 Å². The number of carbonyl (C=O) groups excluding carboxylic acids is 1. The largest absolute Gasteiger partial charge is 0.271 e. The van der Waals surface area contributed by atoms with Crippen LogP contribution in [-0.4, -0.2) is 15.7 Å². The molecule has 3 aromatic rings. The summed E-state index contributed by atoms with van der Waals surface area (Å²) < 4.78 is 1.70. The molecular weight excluding hydrogens is 368 g/mol. The van der Waals surface area contributed by atoms with Crippen molar-refractivity contribution in [1.82, 2.24) is 9.78 Å². The van der Waals surface area contributed by atoms with Gasteiger partial charge in [0.2, 0.25) is 0 Å². The molecule has 0 aliphatic heterocycles. The predicted octanol–water partition coefficient (Wildman–Crippen LogP) is 6.93. The molecule has 0 radical (unpaired) electrons.